The van der Waals surface area contributed by atoms with Gasteiger partial charge in [-0.15, -0.1) is 0 Å². The maximum atomic E-state index is 5.06. The highest BCUT2D eigenvalue weighted by atomic mass is 79.9. The monoisotopic (exact) mass is 315 g/mol. The average molecular weight is 316 g/mol. The molecule has 0 aliphatic rings. The molecule has 4 nitrogen and oxygen atoms in total. The summed E-state index contributed by atoms with van der Waals surface area (Å²) in [6.45, 7) is 8.03. The molecule has 0 aliphatic carbocycles. The molecule has 5 heteroatoms. The highest BCUT2D eigenvalue weighted by molar-refractivity contribution is 9.10. The van der Waals surface area contributed by atoms with Gasteiger partial charge < -0.3 is 9.64 Å². The number of methoxy groups -OCH3 is 1. The van der Waals surface area contributed by atoms with Crippen LogP contribution < -0.4 is 4.90 Å². The van der Waals surface area contributed by atoms with Gasteiger partial charge in [-0.05, 0) is 22.4 Å². The van der Waals surface area contributed by atoms with Crippen LogP contribution in [0.25, 0.3) is 0 Å². The van der Waals surface area contributed by atoms with Gasteiger partial charge in [-0.2, -0.15) is 0 Å². The summed E-state index contributed by atoms with van der Waals surface area (Å²) in [4.78, 5) is 11.2. The van der Waals surface area contributed by atoms with Crippen LogP contribution in [0.5, 0.6) is 0 Å². The first-order chi connectivity index (χ1) is 8.34. The topological polar surface area (TPSA) is 38.2 Å². The Bertz CT molecular complexity index is 390. The minimum Gasteiger partial charge on any atom is -0.385 e. The van der Waals surface area contributed by atoms with Gasteiger partial charge in [0.2, 0.25) is 0 Å². The van der Waals surface area contributed by atoms with Crippen LogP contribution in [0.15, 0.2) is 10.7 Å². The summed E-state index contributed by atoms with van der Waals surface area (Å²) in [6.07, 6.45) is 0.986. The lowest BCUT2D eigenvalue weighted by Crippen LogP contribution is -2.24. The van der Waals surface area contributed by atoms with Crippen molar-refractivity contribution in [2.75, 3.05) is 32.2 Å². The van der Waals surface area contributed by atoms with Crippen molar-refractivity contribution in [2.24, 2.45) is 0 Å². The van der Waals surface area contributed by atoms with Crippen LogP contribution in [0, 0.1) is 0 Å². The van der Waals surface area contributed by atoms with Gasteiger partial charge >= 0.3 is 0 Å². The molecule has 1 heterocycles. The zero-order chi connectivity index (χ0) is 13.8. The molecule has 0 aliphatic heterocycles. The van der Waals surface area contributed by atoms with Crippen LogP contribution in [0.4, 0.5) is 5.82 Å². The Kier molecular flexibility index (Phi) is 5.53. The van der Waals surface area contributed by atoms with E-state index in [1.807, 2.05) is 13.1 Å². The second-order valence-corrected chi connectivity index (χ2v) is 6.20. The molecule has 1 aromatic rings. The van der Waals surface area contributed by atoms with Crippen molar-refractivity contribution in [3.05, 3.63) is 16.5 Å². The molecule has 0 N–H and O–H groups in total. The maximum Gasteiger partial charge on any atom is 0.137 e. The number of aromatic nitrogens is 2. The van der Waals surface area contributed by atoms with Crippen LogP contribution in [-0.2, 0) is 10.2 Å². The van der Waals surface area contributed by atoms with E-state index in [1.165, 1.54) is 0 Å². The third-order valence-electron chi connectivity index (χ3n) is 2.59. The minimum absolute atomic E-state index is 0.0497. The summed E-state index contributed by atoms with van der Waals surface area (Å²) in [5.41, 5.74) is -0.0497. The largest absolute Gasteiger partial charge is 0.385 e. The molecular formula is C13H22BrN3O. The molecule has 18 heavy (non-hydrogen) atoms. The Balaban J connectivity index is 2.85. The first-order valence-electron chi connectivity index (χ1n) is 6.09. The standard InChI is InChI=1S/C13H22BrN3O/c1-13(2,3)12-15-10(14)9-11(16-12)17(4)7-6-8-18-5/h9H,6-8H2,1-5H3. The summed E-state index contributed by atoms with van der Waals surface area (Å²) in [6, 6.07) is 1.95. The Morgan fingerprint density at radius 1 is 1.33 bits per heavy atom. The second kappa shape index (κ2) is 6.48. The second-order valence-electron chi connectivity index (χ2n) is 5.39. The lowest BCUT2D eigenvalue weighted by atomic mass is 9.96. The Hall–Kier alpha value is -0.680. The van der Waals surface area contributed by atoms with Crippen LogP contribution >= 0.6 is 15.9 Å². The van der Waals surface area contributed by atoms with Crippen molar-refractivity contribution in [3.63, 3.8) is 0 Å². The molecule has 0 saturated heterocycles. The fourth-order valence-electron chi connectivity index (χ4n) is 1.50. The minimum atomic E-state index is -0.0497. The molecule has 0 atom stereocenters. The van der Waals surface area contributed by atoms with Crippen molar-refractivity contribution >= 4 is 21.7 Å². The van der Waals surface area contributed by atoms with Gasteiger partial charge in [0.1, 0.15) is 16.2 Å². The van der Waals surface area contributed by atoms with Gasteiger partial charge in [0.05, 0.1) is 0 Å². The van der Waals surface area contributed by atoms with E-state index in [0.717, 1.165) is 35.8 Å². The summed E-state index contributed by atoms with van der Waals surface area (Å²) in [7, 11) is 3.76. The number of anilines is 1. The Labute approximate surface area is 118 Å². The van der Waals surface area contributed by atoms with Crippen molar-refractivity contribution in [1.29, 1.82) is 0 Å². The zero-order valence-electron chi connectivity index (χ0n) is 11.8. The summed E-state index contributed by atoms with van der Waals surface area (Å²) in [5, 5.41) is 0. The van der Waals surface area contributed by atoms with E-state index in [-0.39, 0.29) is 5.41 Å². The van der Waals surface area contributed by atoms with Gasteiger partial charge in [0.15, 0.2) is 0 Å². The molecule has 0 bridgehead atoms. The lowest BCUT2D eigenvalue weighted by molar-refractivity contribution is 0.196. The van der Waals surface area contributed by atoms with Gasteiger partial charge in [-0.3, -0.25) is 0 Å². The van der Waals surface area contributed by atoms with E-state index in [2.05, 4.69) is 51.6 Å². The number of hydrogen-bond acceptors (Lipinski definition) is 4. The van der Waals surface area contributed by atoms with Gasteiger partial charge in [-0.25, -0.2) is 9.97 Å². The van der Waals surface area contributed by atoms with Gasteiger partial charge in [-0.1, -0.05) is 20.8 Å². The smallest absolute Gasteiger partial charge is 0.137 e. The van der Waals surface area contributed by atoms with E-state index in [1.54, 1.807) is 7.11 Å². The summed E-state index contributed by atoms with van der Waals surface area (Å²) >= 11 is 3.45. The van der Waals surface area contributed by atoms with Crippen molar-refractivity contribution < 1.29 is 4.74 Å². The molecular weight excluding hydrogens is 294 g/mol. The quantitative estimate of drug-likeness (QED) is 0.618. The molecule has 0 aromatic carbocycles. The lowest BCUT2D eigenvalue weighted by Gasteiger charge is -2.22. The molecule has 0 radical (unpaired) electrons. The van der Waals surface area contributed by atoms with Crippen LogP contribution in [0.2, 0.25) is 0 Å². The third-order valence-corrected chi connectivity index (χ3v) is 2.99. The highest BCUT2D eigenvalue weighted by Gasteiger charge is 2.19. The van der Waals surface area contributed by atoms with Gasteiger partial charge in [0, 0.05) is 38.8 Å². The summed E-state index contributed by atoms with van der Waals surface area (Å²) in [5.74, 6) is 1.79. The number of hydrogen-bond donors (Lipinski definition) is 0. The van der Waals surface area contributed by atoms with Crippen LogP contribution in [0.3, 0.4) is 0 Å². The van der Waals surface area contributed by atoms with Gasteiger partial charge in [0.25, 0.3) is 0 Å². The number of halogens is 1. The Morgan fingerprint density at radius 2 is 2.00 bits per heavy atom. The fraction of sp³-hybridized carbons (Fsp3) is 0.692. The molecule has 0 saturated carbocycles. The maximum absolute atomic E-state index is 5.06. The van der Waals surface area contributed by atoms with Crippen molar-refractivity contribution in [3.8, 4) is 0 Å². The van der Waals surface area contributed by atoms with Crippen LogP contribution in [0.1, 0.15) is 33.0 Å². The molecule has 0 unspecified atom stereocenters. The first kappa shape index (κ1) is 15.4. The van der Waals surface area contributed by atoms with E-state index in [4.69, 9.17) is 4.74 Å². The molecule has 102 valence electrons. The number of rotatable bonds is 5. The van der Waals surface area contributed by atoms with E-state index < -0.39 is 0 Å². The molecule has 0 fully saturated rings. The highest BCUT2D eigenvalue weighted by Crippen LogP contribution is 2.23. The number of nitrogens with zero attached hydrogens (tertiary/aromatic N) is 3. The van der Waals surface area contributed by atoms with Crippen molar-refractivity contribution in [2.45, 2.75) is 32.6 Å². The summed E-state index contributed by atoms with van der Waals surface area (Å²) < 4.78 is 5.89. The predicted molar refractivity (Wildman–Crippen MR) is 78.2 cm³/mol. The van der Waals surface area contributed by atoms with Crippen molar-refractivity contribution in [1.82, 2.24) is 9.97 Å². The zero-order valence-corrected chi connectivity index (χ0v) is 13.4. The van der Waals surface area contributed by atoms with E-state index in [0.29, 0.717) is 0 Å². The Morgan fingerprint density at radius 3 is 2.56 bits per heavy atom. The molecule has 0 spiro atoms. The average Bonchev–Trinajstić information content (AvgIpc) is 2.27. The van der Waals surface area contributed by atoms with Crippen LogP contribution in [-0.4, -0.2) is 37.3 Å². The SMILES string of the molecule is COCCCN(C)c1cc(Br)nc(C(C)(C)C)n1. The third kappa shape index (κ3) is 4.53. The number of ether oxygens (including phenoxy) is 1. The molecule has 1 rings (SSSR count). The van der Waals surface area contributed by atoms with E-state index >= 15 is 0 Å². The predicted octanol–water partition coefficient (Wildman–Crippen LogP) is 3.01. The molecule has 0 amide bonds. The normalized spacial score (nSPS) is 11.7. The van der Waals surface area contributed by atoms with E-state index in [9.17, 15) is 0 Å². The molecule has 1 aromatic heterocycles. The fourth-order valence-corrected chi connectivity index (χ4v) is 1.87. The first-order valence-corrected chi connectivity index (χ1v) is 6.89.